The number of imidazole rings is 1. The van der Waals surface area contributed by atoms with Gasteiger partial charge in [-0.25, -0.2) is 4.98 Å². The first-order chi connectivity index (χ1) is 10.3. The smallest absolute Gasteiger partial charge is 0.243 e. The minimum Gasteiger partial charge on any atom is -0.333 e. The number of carbonyl (C=O) groups excluding carboxylic acids is 1. The number of carbonyl (C=O) groups is 1. The SMILES string of the molecule is CCc1nccn1CC(=O)N1CCCCC1c1ccn[nH]1. The molecule has 0 aliphatic carbocycles. The van der Waals surface area contributed by atoms with Crippen molar-refractivity contribution in [1.82, 2.24) is 24.6 Å². The molecule has 6 heteroatoms. The second-order valence-corrected chi connectivity index (χ2v) is 5.44. The fraction of sp³-hybridized carbons (Fsp3) is 0.533. The second-order valence-electron chi connectivity index (χ2n) is 5.44. The van der Waals surface area contributed by atoms with Crippen LogP contribution in [-0.2, 0) is 17.8 Å². The predicted molar refractivity (Wildman–Crippen MR) is 78.5 cm³/mol. The largest absolute Gasteiger partial charge is 0.333 e. The van der Waals surface area contributed by atoms with Crippen molar-refractivity contribution < 1.29 is 4.79 Å². The molecular formula is C15H21N5O. The lowest BCUT2D eigenvalue weighted by Crippen LogP contribution is -2.40. The van der Waals surface area contributed by atoms with Gasteiger partial charge in [-0.1, -0.05) is 6.92 Å². The molecule has 2 aromatic heterocycles. The number of aromatic amines is 1. The molecule has 0 aromatic carbocycles. The Morgan fingerprint density at radius 3 is 3.10 bits per heavy atom. The van der Waals surface area contributed by atoms with Crippen molar-refractivity contribution in [2.45, 2.75) is 45.2 Å². The molecule has 1 aliphatic heterocycles. The van der Waals surface area contributed by atoms with Crippen molar-refractivity contribution in [2.24, 2.45) is 0 Å². The zero-order valence-electron chi connectivity index (χ0n) is 12.3. The van der Waals surface area contributed by atoms with Gasteiger partial charge in [-0.05, 0) is 25.3 Å². The number of piperidine rings is 1. The summed E-state index contributed by atoms with van der Waals surface area (Å²) in [5.41, 5.74) is 1.03. The van der Waals surface area contributed by atoms with Gasteiger partial charge in [0.25, 0.3) is 0 Å². The van der Waals surface area contributed by atoms with Gasteiger partial charge in [0.15, 0.2) is 0 Å². The zero-order chi connectivity index (χ0) is 14.7. The first kappa shape index (κ1) is 13.9. The molecule has 21 heavy (non-hydrogen) atoms. The maximum atomic E-state index is 12.7. The molecule has 0 saturated carbocycles. The Hall–Kier alpha value is -2.11. The summed E-state index contributed by atoms with van der Waals surface area (Å²) in [4.78, 5) is 18.9. The number of rotatable bonds is 4. The Bertz CT molecular complexity index is 589. The van der Waals surface area contributed by atoms with Gasteiger partial charge in [-0.2, -0.15) is 5.10 Å². The second kappa shape index (κ2) is 6.11. The molecule has 1 unspecified atom stereocenters. The highest BCUT2D eigenvalue weighted by molar-refractivity contribution is 5.76. The van der Waals surface area contributed by atoms with E-state index in [0.717, 1.165) is 43.7 Å². The van der Waals surface area contributed by atoms with E-state index in [-0.39, 0.29) is 11.9 Å². The third-order valence-electron chi connectivity index (χ3n) is 4.13. The summed E-state index contributed by atoms with van der Waals surface area (Å²) in [5, 5.41) is 7.03. The van der Waals surface area contributed by atoms with Gasteiger partial charge in [0.1, 0.15) is 12.4 Å². The number of aromatic nitrogens is 4. The van der Waals surface area contributed by atoms with E-state index < -0.39 is 0 Å². The Balaban J connectivity index is 1.75. The van der Waals surface area contributed by atoms with Crippen LogP contribution in [-0.4, -0.2) is 37.1 Å². The normalized spacial score (nSPS) is 18.9. The van der Waals surface area contributed by atoms with Crippen molar-refractivity contribution in [3.8, 4) is 0 Å². The zero-order valence-corrected chi connectivity index (χ0v) is 12.3. The minimum absolute atomic E-state index is 0.127. The van der Waals surface area contributed by atoms with Crippen molar-refractivity contribution in [1.29, 1.82) is 0 Å². The molecule has 1 aliphatic rings. The van der Waals surface area contributed by atoms with Crippen LogP contribution in [0.4, 0.5) is 0 Å². The Kier molecular flexibility index (Phi) is 4.03. The van der Waals surface area contributed by atoms with Crippen LogP contribution in [0.5, 0.6) is 0 Å². The summed E-state index contributed by atoms with van der Waals surface area (Å²) < 4.78 is 1.95. The molecule has 1 amide bonds. The number of amides is 1. The fourth-order valence-corrected chi connectivity index (χ4v) is 3.04. The van der Waals surface area contributed by atoms with Crippen LogP contribution in [0, 0.1) is 0 Å². The third kappa shape index (κ3) is 2.84. The number of nitrogens with one attached hydrogen (secondary N) is 1. The molecule has 0 spiro atoms. The molecule has 1 atom stereocenters. The third-order valence-corrected chi connectivity index (χ3v) is 4.13. The highest BCUT2D eigenvalue weighted by atomic mass is 16.2. The number of nitrogens with zero attached hydrogens (tertiary/aromatic N) is 4. The van der Waals surface area contributed by atoms with E-state index in [9.17, 15) is 4.79 Å². The van der Waals surface area contributed by atoms with Crippen LogP contribution in [0.25, 0.3) is 0 Å². The first-order valence-corrected chi connectivity index (χ1v) is 7.58. The summed E-state index contributed by atoms with van der Waals surface area (Å²) in [7, 11) is 0. The van der Waals surface area contributed by atoms with Gasteiger partial charge in [0, 0.05) is 31.6 Å². The quantitative estimate of drug-likeness (QED) is 0.934. The maximum Gasteiger partial charge on any atom is 0.243 e. The van der Waals surface area contributed by atoms with Crippen LogP contribution in [0.15, 0.2) is 24.7 Å². The molecule has 1 fully saturated rings. The maximum absolute atomic E-state index is 12.7. The lowest BCUT2D eigenvalue weighted by Gasteiger charge is -2.35. The Labute approximate surface area is 124 Å². The van der Waals surface area contributed by atoms with Gasteiger partial charge >= 0.3 is 0 Å². The standard InChI is InChI=1S/C15H21N5O/c1-2-14-16-8-10-19(14)11-15(21)20-9-4-3-5-13(20)12-6-7-17-18-12/h6-8,10,13H,2-5,9,11H2,1H3,(H,17,18). The van der Waals surface area contributed by atoms with Crippen molar-refractivity contribution in [3.05, 3.63) is 36.2 Å². The van der Waals surface area contributed by atoms with Crippen molar-refractivity contribution in [3.63, 3.8) is 0 Å². The number of hydrogen-bond donors (Lipinski definition) is 1. The van der Waals surface area contributed by atoms with Crippen LogP contribution >= 0.6 is 0 Å². The fourth-order valence-electron chi connectivity index (χ4n) is 3.04. The van der Waals surface area contributed by atoms with Gasteiger partial charge in [-0.3, -0.25) is 9.89 Å². The van der Waals surface area contributed by atoms with E-state index in [4.69, 9.17) is 0 Å². The van der Waals surface area contributed by atoms with E-state index in [1.807, 2.05) is 21.7 Å². The molecule has 0 radical (unpaired) electrons. The topological polar surface area (TPSA) is 66.8 Å². The van der Waals surface area contributed by atoms with E-state index in [1.54, 1.807) is 12.4 Å². The lowest BCUT2D eigenvalue weighted by atomic mass is 9.99. The van der Waals surface area contributed by atoms with E-state index in [2.05, 4.69) is 22.1 Å². The highest BCUT2D eigenvalue weighted by Gasteiger charge is 2.28. The minimum atomic E-state index is 0.127. The molecular weight excluding hydrogens is 266 g/mol. The predicted octanol–water partition coefficient (Wildman–Crippen LogP) is 1.92. The van der Waals surface area contributed by atoms with Crippen LogP contribution < -0.4 is 0 Å². The van der Waals surface area contributed by atoms with E-state index in [0.29, 0.717) is 6.54 Å². The molecule has 1 saturated heterocycles. The number of hydrogen-bond acceptors (Lipinski definition) is 3. The monoisotopic (exact) mass is 287 g/mol. The summed E-state index contributed by atoms with van der Waals surface area (Å²) in [6, 6.07) is 2.09. The molecule has 2 aromatic rings. The first-order valence-electron chi connectivity index (χ1n) is 7.58. The summed E-state index contributed by atoms with van der Waals surface area (Å²) >= 11 is 0. The number of likely N-dealkylation sites (tertiary alicyclic amines) is 1. The van der Waals surface area contributed by atoms with Crippen molar-refractivity contribution in [2.75, 3.05) is 6.54 Å². The van der Waals surface area contributed by atoms with Gasteiger partial charge in [-0.15, -0.1) is 0 Å². The van der Waals surface area contributed by atoms with Gasteiger partial charge in [0.05, 0.1) is 11.7 Å². The number of H-pyrrole nitrogens is 1. The molecule has 3 rings (SSSR count). The summed E-state index contributed by atoms with van der Waals surface area (Å²) in [6.45, 7) is 3.24. The van der Waals surface area contributed by atoms with Crippen LogP contribution in [0.3, 0.4) is 0 Å². The van der Waals surface area contributed by atoms with Crippen molar-refractivity contribution >= 4 is 5.91 Å². The molecule has 0 bridgehead atoms. The number of aryl methyl sites for hydroxylation is 1. The molecule has 1 N–H and O–H groups in total. The van der Waals surface area contributed by atoms with Crippen LogP contribution in [0.1, 0.15) is 43.7 Å². The highest BCUT2D eigenvalue weighted by Crippen LogP contribution is 2.29. The van der Waals surface area contributed by atoms with Gasteiger partial charge in [0.2, 0.25) is 5.91 Å². The van der Waals surface area contributed by atoms with Gasteiger partial charge < -0.3 is 9.47 Å². The van der Waals surface area contributed by atoms with Crippen LogP contribution in [0.2, 0.25) is 0 Å². The molecule has 112 valence electrons. The average molecular weight is 287 g/mol. The van der Waals surface area contributed by atoms with E-state index >= 15 is 0 Å². The molecule has 3 heterocycles. The van der Waals surface area contributed by atoms with E-state index in [1.165, 1.54) is 0 Å². The molecule has 6 nitrogen and oxygen atoms in total. The Morgan fingerprint density at radius 2 is 2.33 bits per heavy atom. The Morgan fingerprint density at radius 1 is 1.43 bits per heavy atom. The average Bonchev–Trinajstić information content (AvgIpc) is 3.18. The lowest BCUT2D eigenvalue weighted by molar-refractivity contribution is -0.135. The summed E-state index contributed by atoms with van der Waals surface area (Å²) in [6.07, 6.45) is 9.45. The summed E-state index contributed by atoms with van der Waals surface area (Å²) in [5.74, 6) is 1.11.